The molecular formula is C16H21NO2. The SMILES string of the molecule is CCCCCNC(=O)c1ccc(C#CCCO)cc1. The third-order valence-electron chi connectivity index (χ3n) is 2.68. The van der Waals surface area contributed by atoms with Crippen LogP contribution in [-0.4, -0.2) is 24.2 Å². The predicted molar refractivity (Wildman–Crippen MR) is 76.9 cm³/mol. The fourth-order valence-electron chi connectivity index (χ4n) is 1.60. The van der Waals surface area contributed by atoms with Crippen molar-refractivity contribution in [2.75, 3.05) is 13.2 Å². The number of carbonyl (C=O) groups is 1. The molecule has 19 heavy (non-hydrogen) atoms. The average molecular weight is 259 g/mol. The Hall–Kier alpha value is -1.79. The number of aliphatic hydroxyl groups is 1. The Labute approximate surface area is 115 Å². The number of unbranched alkanes of at least 4 members (excludes halogenated alkanes) is 2. The van der Waals surface area contributed by atoms with Crippen molar-refractivity contribution in [2.45, 2.75) is 32.6 Å². The lowest BCUT2D eigenvalue weighted by Gasteiger charge is -2.04. The summed E-state index contributed by atoms with van der Waals surface area (Å²) in [5.74, 6) is 5.74. The molecule has 0 saturated heterocycles. The van der Waals surface area contributed by atoms with Crippen LogP contribution in [0.2, 0.25) is 0 Å². The van der Waals surface area contributed by atoms with E-state index in [4.69, 9.17) is 5.11 Å². The van der Waals surface area contributed by atoms with E-state index in [9.17, 15) is 4.79 Å². The second kappa shape index (κ2) is 9.18. The molecule has 0 aromatic heterocycles. The summed E-state index contributed by atoms with van der Waals surface area (Å²) in [7, 11) is 0. The van der Waals surface area contributed by atoms with Crippen molar-refractivity contribution in [3.8, 4) is 11.8 Å². The highest BCUT2D eigenvalue weighted by Crippen LogP contribution is 2.03. The Kier molecular flexibility index (Phi) is 7.38. The Morgan fingerprint density at radius 3 is 2.63 bits per heavy atom. The molecule has 0 radical (unpaired) electrons. The third kappa shape index (κ3) is 6.08. The Bertz CT molecular complexity index is 440. The lowest BCUT2D eigenvalue weighted by molar-refractivity contribution is 0.0953. The first kappa shape index (κ1) is 15.3. The van der Waals surface area contributed by atoms with Gasteiger partial charge in [0.15, 0.2) is 0 Å². The summed E-state index contributed by atoms with van der Waals surface area (Å²) in [4.78, 5) is 11.8. The number of carbonyl (C=O) groups excluding carboxylic acids is 1. The maximum atomic E-state index is 11.8. The van der Waals surface area contributed by atoms with E-state index in [1.807, 2.05) is 12.1 Å². The van der Waals surface area contributed by atoms with Crippen LogP contribution in [0.3, 0.4) is 0 Å². The fourth-order valence-corrected chi connectivity index (χ4v) is 1.60. The number of amides is 1. The number of nitrogens with one attached hydrogen (secondary N) is 1. The van der Waals surface area contributed by atoms with Crippen molar-refractivity contribution < 1.29 is 9.90 Å². The molecule has 0 atom stereocenters. The van der Waals surface area contributed by atoms with Gasteiger partial charge in [0.25, 0.3) is 5.91 Å². The number of rotatable bonds is 6. The van der Waals surface area contributed by atoms with E-state index >= 15 is 0 Å². The minimum Gasteiger partial charge on any atom is -0.395 e. The largest absolute Gasteiger partial charge is 0.395 e. The molecule has 3 heteroatoms. The summed E-state index contributed by atoms with van der Waals surface area (Å²) in [5, 5.41) is 11.5. The van der Waals surface area contributed by atoms with Crippen LogP contribution in [0.25, 0.3) is 0 Å². The molecule has 3 nitrogen and oxygen atoms in total. The van der Waals surface area contributed by atoms with Gasteiger partial charge in [0.05, 0.1) is 6.61 Å². The molecule has 1 amide bonds. The molecule has 1 aromatic carbocycles. The molecule has 0 unspecified atom stereocenters. The zero-order valence-electron chi connectivity index (χ0n) is 11.4. The Balaban J connectivity index is 2.47. The van der Waals surface area contributed by atoms with Crippen LogP contribution in [0.4, 0.5) is 0 Å². The van der Waals surface area contributed by atoms with E-state index in [0.717, 1.165) is 31.4 Å². The number of aliphatic hydroxyl groups excluding tert-OH is 1. The number of benzene rings is 1. The number of hydrogen-bond donors (Lipinski definition) is 2. The lowest BCUT2D eigenvalue weighted by Crippen LogP contribution is -2.24. The molecule has 0 aliphatic carbocycles. The number of hydrogen-bond acceptors (Lipinski definition) is 2. The zero-order chi connectivity index (χ0) is 13.9. The van der Waals surface area contributed by atoms with E-state index in [-0.39, 0.29) is 12.5 Å². The highest BCUT2D eigenvalue weighted by molar-refractivity contribution is 5.94. The summed E-state index contributed by atoms with van der Waals surface area (Å²) in [5.41, 5.74) is 1.51. The van der Waals surface area contributed by atoms with Gasteiger partial charge in [-0.3, -0.25) is 4.79 Å². The quantitative estimate of drug-likeness (QED) is 0.608. The van der Waals surface area contributed by atoms with E-state index < -0.39 is 0 Å². The van der Waals surface area contributed by atoms with Gasteiger partial charge in [-0.15, -0.1) is 0 Å². The van der Waals surface area contributed by atoms with Crippen molar-refractivity contribution in [3.05, 3.63) is 35.4 Å². The van der Waals surface area contributed by atoms with Crippen LogP contribution in [0.1, 0.15) is 48.5 Å². The molecular weight excluding hydrogens is 238 g/mol. The summed E-state index contributed by atoms with van der Waals surface area (Å²) in [6.45, 7) is 2.94. The van der Waals surface area contributed by atoms with Gasteiger partial charge in [-0.2, -0.15) is 0 Å². The predicted octanol–water partition coefficient (Wildman–Crippen LogP) is 2.34. The van der Waals surface area contributed by atoms with Gasteiger partial charge in [0, 0.05) is 24.1 Å². The Morgan fingerprint density at radius 1 is 1.26 bits per heavy atom. The van der Waals surface area contributed by atoms with Crippen molar-refractivity contribution in [1.82, 2.24) is 5.32 Å². The van der Waals surface area contributed by atoms with Gasteiger partial charge < -0.3 is 10.4 Å². The normalized spacial score (nSPS) is 9.58. The van der Waals surface area contributed by atoms with E-state index in [2.05, 4.69) is 24.1 Å². The first-order chi connectivity index (χ1) is 9.27. The summed E-state index contributed by atoms with van der Waals surface area (Å²) in [6, 6.07) is 7.20. The van der Waals surface area contributed by atoms with Crippen molar-refractivity contribution in [1.29, 1.82) is 0 Å². The molecule has 0 fully saturated rings. The molecule has 1 rings (SSSR count). The van der Waals surface area contributed by atoms with Crippen LogP contribution in [0.5, 0.6) is 0 Å². The first-order valence-corrected chi connectivity index (χ1v) is 6.76. The smallest absolute Gasteiger partial charge is 0.251 e. The molecule has 0 saturated carbocycles. The van der Waals surface area contributed by atoms with Gasteiger partial charge in [-0.05, 0) is 30.7 Å². The zero-order valence-corrected chi connectivity index (χ0v) is 11.4. The second-order valence-corrected chi connectivity index (χ2v) is 4.32. The second-order valence-electron chi connectivity index (χ2n) is 4.32. The van der Waals surface area contributed by atoms with Crippen LogP contribution >= 0.6 is 0 Å². The van der Waals surface area contributed by atoms with Crippen molar-refractivity contribution in [3.63, 3.8) is 0 Å². The molecule has 0 heterocycles. The third-order valence-corrected chi connectivity index (χ3v) is 2.68. The van der Waals surface area contributed by atoms with Gasteiger partial charge >= 0.3 is 0 Å². The first-order valence-electron chi connectivity index (χ1n) is 6.76. The summed E-state index contributed by atoms with van der Waals surface area (Å²) >= 11 is 0. The monoisotopic (exact) mass is 259 g/mol. The Morgan fingerprint density at radius 2 is 2.00 bits per heavy atom. The van der Waals surface area contributed by atoms with Crippen LogP contribution in [0, 0.1) is 11.8 Å². The standard InChI is InChI=1S/C16H21NO2/c1-2-3-5-12-17-16(19)15-10-8-14(9-11-15)7-4-6-13-18/h8-11,18H,2-3,5-6,12-13H2,1H3,(H,17,19). The highest BCUT2D eigenvalue weighted by atomic mass is 16.2. The van der Waals surface area contributed by atoms with Gasteiger partial charge in [-0.1, -0.05) is 31.6 Å². The minimum absolute atomic E-state index is 0.0361. The van der Waals surface area contributed by atoms with Gasteiger partial charge in [-0.25, -0.2) is 0 Å². The molecule has 0 aliphatic rings. The molecule has 1 aromatic rings. The van der Waals surface area contributed by atoms with Crippen LogP contribution in [-0.2, 0) is 0 Å². The van der Waals surface area contributed by atoms with E-state index in [0.29, 0.717) is 12.0 Å². The van der Waals surface area contributed by atoms with Crippen LogP contribution < -0.4 is 5.32 Å². The maximum absolute atomic E-state index is 11.8. The fraction of sp³-hybridized carbons (Fsp3) is 0.438. The van der Waals surface area contributed by atoms with Gasteiger partial charge in [0.2, 0.25) is 0 Å². The van der Waals surface area contributed by atoms with Gasteiger partial charge in [0.1, 0.15) is 0 Å². The van der Waals surface area contributed by atoms with Crippen molar-refractivity contribution >= 4 is 5.91 Å². The average Bonchev–Trinajstić information content (AvgIpc) is 2.44. The summed E-state index contributed by atoms with van der Waals surface area (Å²) < 4.78 is 0. The molecule has 102 valence electrons. The van der Waals surface area contributed by atoms with E-state index in [1.54, 1.807) is 12.1 Å². The van der Waals surface area contributed by atoms with Crippen LogP contribution in [0.15, 0.2) is 24.3 Å². The highest BCUT2D eigenvalue weighted by Gasteiger charge is 2.03. The molecule has 0 spiro atoms. The molecule has 0 aliphatic heterocycles. The molecule has 2 N–H and O–H groups in total. The van der Waals surface area contributed by atoms with Crippen molar-refractivity contribution in [2.24, 2.45) is 0 Å². The van der Waals surface area contributed by atoms with E-state index in [1.165, 1.54) is 0 Å². The lowest BCUT2D eigenvalue weighted by atomic mass is 10.1. The topological polar surface area (TPSA) is 49.3 Å². The minimum atomic E-state index is -0.0361. The molecule has 0 bridgehead atoms. The maximum Gasteiger partial charge on any atom is 0.251 e. The summed E-state index contributed by atoms with van der Waals surface area (Å²) in [6.07, 6.45) is 3.78.